The normalized spacial score (nSPS) is 21.2. The summed E-state index contributed by atoms with van der Waals surface area (Å²) in [5.74, 6) is 0.652. The highest BCUT2D eigenvalue weighted by atomic mass is 15.2. The topological polar surface area (TPSA) is 6.48 Å². The van der Waals surface area contributed by atoms with Gasteiger partial charge in [0.1, 0.15) is 0 Å². The van der Waals surface area contributed by atoms with Gasteiger partial charge in [-0.25, -0.2) is 0 Å². The van der Waals surface area contributed by atoms with Crippen LogP contribution in [-0.4, -0.2) is 12.1 Å². The molecule has 4 atom stereocenters. The van der Waals surface area contributed by atoms with Gasteiger partial charge < -0.3 is 9.80 Å². The molecular weight excluding hydrogens is 605 g/mol. The first-order valence-electron chi connectivity index (χ1n) is 17.8. The molecule has 236 valence electrons. The van der Waals surface area contributed by atoms with Crippen LogP contribution < -0.4 is 9.80 Å². The van der Waals surface area contributed by atoms with Crippen LogP contribution in [0.2, 0.25) is 0 Å². The van der Waals surface area contributed by atoms with Gasteiger partial charge in [0.05, 0.1) is 12.1 Å². The number of nitrogens with zero attached hydrogens (tertiary/aromatic N) is 2. The maximum absolute atomic E-state index is 2.58. The predicted octanol–water partition coefficient (Wildman–Crippen LogP) is 12.3. The molecule has 0 radical (unpaired) electrons. The lowest BCUT2D eigenvalue weighted by Crippen LogP contribution is -2.30. The molecule has 2 nitrogen and oxygen atoms in total. The second-order valence-corrected chi connectivity index (χ2v) is 14.0. The van der Waals surface area contributed by atoms with Crippen molar-refractivity contribution in [2.75, 3.05) is 9.80 Å². The number of fused-ring (bicyclic) bond motifs is 12. The van der Waals surface area contributed by atoms with Gasteiger partial charge in [0.25, 0.3) is 0 Å². The molecule has 0 spiro atoms. The van der Waals surface area contributed by atoms with E-state index in [2.05, 4.69) is 192 Å². The Morgan fingerprint density at radius 2 is 0.780 bits per heavy atom. The monoisotopic (exact) mass is 638 g/mol. The number of rotatable bonds is 3. The molecule has 0 saturated heterocycles. The van der Waals surface area contributed by atoms with Crippen LogP contribution in [0.1, 0.15) is 23.0 Å². The average molecular weight is 639 g/mol. The van der Waals surface area contributed by atoms with Crippen LogP contribution in [0.15, 0.2) is 182 Å². The molecule has 0 N–H and O–H groups in total. The van der Waals surface area contributed by atoms with Crippen molar-refractivity contribution in [2.45, 2.75) is 23.9 Å². The number of benzene rings is 7. The fourth-order valence-corrected chi connectivity index (χ4v) is 9.31. The Hall–Kier alpha value is -6.12. The first kappa shape index (κ1) is 27.8. The van der Waals surface area contributed by atoms with E-state index in [4.69, 9.17) is 0 Å². The Morgan fingerprint density at radius 1 is 0.340 bits per heavy atom. The third kappa shape index (κ3) is 3.96. The van der Waals surface area contributed by atoms with E-state index in [9.17, 15) is 0 Å². The highest BCUT2D eigenvalue weighted by Gasteiger charge is 2.40. The van der Waals surface area contributed by atoms with Crippen LogP contribution in [-0.2, 0) is 0 Å². The minimum atomic E-state index is 0.225. The molecule has 0 aromatic heterocycles. The summed E-state index contributed by atoms with van der Waals surface area (Å²) in [6.45, 7) is 0. The smallest absolute Gasteiger partial charge is 0.0629 e. The Bertz CT molecular complexity index is 2520. The van der Waals surface area contributed by atoms with Gasteiger partial charge in [-0.3, -0.25) is 0 Å². The Kier molecular flexibility index (Phi) is 5.94. The summed E-state index contributed by atoms with van der Waals surface area (Å²) in [6.07, 6.45) is 18.3. The van der Waals surface area contributed by atoms with Crippen LogP contribution >= 0.6 is 0 Å². The Morgan fingerprint density at radius 3 is 1.32 bits per heavy atom. The molecule has 2 heterocycles. The number of hydrogen-bond acceptors (Lipinski definition) is 2. The molecule has 0 fully saturated rings. The molecule has 4 aliphatic rings. The van der Waals surface area contributed by atoms with Crippen molar-refractivity contribution in [3.05, 3.63) is 193 Å². The first-order chi connectivity index (χ1) is 24.8. The summed E-state index contributed by atoms with van der Waals surface area (Å²) >= 11 is 0. The fraction of sp³-hybridized carbons (Fsp3) is 0.0833. The standard InChI is InChI=1S/C48H34N2/c1-2-15-37-35(13-1)36-14-3-4-16-38(36)44-29-31(25-26-39(37)44)32-27-33(49-45-21-9-5-17-40(45)41-18-6-10-22-46(41)49)30-34(28-32)50-47-23-11-7-19-42(47)43-20-8-12-24-48(43)50/h1-30,40,42,45,47H. The highest BCUT2D eigenvalue weighted by molar-refractivity contribution is 6.25. The van der Waals surface area contributed by atoms with Gasteiger partial charge in [-0.05, 0) is 91.0 Å². The van der Waals surface area contributed by atoms with Gasteiger partial charge >= 0.3 is 0 Å². The molecule has 4 unspecified atom stereocenters. The summed E-state index contributed by atoms with van der Waals surface area (Å²) in [4.78, 5) is 5.15. The summed E-state index contributed by atoms with van der Waals surface area (Å²) in [6, 6.07) is 50.5. The zero-order valence-electron chi connectivity index (χ0n) is 27.5. The van der Waals surface area contributed by atoms with Crippen molar-refractivity contribution in [2.24, 2.45) is 0 Å². The molecule has 7 aromatic carbocycles. The molecule has 0 saturated carbocycles. The average Bonchev–Trinajstić information content (AvgIpc) is 3.71. The third-order valence-corrected chi connectivity index (χ3v) is 11.5. The molecule has 2 aliphatic heterocycles. The fourth-order valence-electron chi connectivity index (χ4n) is 9.31. The van der Waals surface area contributed by atoms with Crippen molar-refractivity contribution in [1.29, 1.82) is 0 Å². The molecule has 2 aliphatic carbocycles. The minimum absolute atomic E-state index is 0.225. The lowest BCUT2D eigenvalue weighted by Gasteiger charge is -2.33. The summed E-state index contributed by atoms with van der Waals surface area (Å²) < 4.78 is 0. The molecule has 50 heavy (non-hydrogen) atoms. The SMILES string of the molecule is C1=CC2c3ccccc3N(c3cc(-c4ccc5c6ccccc6c6ccccc6c5c4)cc(N4c5ccccc5C5C=CC=CC54)c3)C2C=C1. The number of allylic oxidation sites excluding steroid dienone is 4. The van der Waals surface area contributed by atoms with Crippen LogP contribution in [0.4, 0.5) is 22.7 Å². The van der Waals surface area contributed by atoms with E-state index in [1.807, 2.05) is 0 Å². The van der Waals surface area contributed by atoms with Crippen molar-refractivity contribution < 1.29 is 0 Å². The van der Waals surface area contributed by atoms with Crippen molar-refractivity contribution in [1.82, 2.24) is 0 Å². The first-order valence-corrected chi connectivity index (χ1v) is 17.8. The number of para-hydroxylation sites is 2. The van der Waals surface area contributed by atoms with Gasteiger partial charge in [-0.1, -0.05) is 146 Å². The van der Waals surface area contributed by atoms with Gasteiger partial charge in [-0.2, -0.15) is 0 Å². The van der Waals surface area contributed by atoms with E-state index in [-0.39, 0.29) is 12.1 Å². The maximum Gasteiger partial charge on any atom is 0.0629 e. The number of anilines is 4. The van der Waals surface area contributed by atoms with Crippen LogP contribution in [0.25, 0.3) is 43.4 Å². The predicted molar refractivity (Wildman–Crippen MR) is 211 cm³/mol. The molecule has 2 heteroatoms. The van der Waals surface area contributed by atoms with E-state index in [1.54, 1.807) is 0 Å². The second kappa shape index (κ2) is 10.7. The quantitative estimate of drug-likeness (QED) is 0.178. The van der Waals surface area contributed by atoms with Crippen LogP contribution in [0.5, 0.6) is 0 Å². The zero-order valence-corrected chi connectivity index (χ0v) is 27.5. The molecule has 11 rings (SSSR count). The van der Waals surface area contributed by atoms with Gasteiger partial charge in [0.15, 0.2) is 0 Å². The Labute approximate surface area is 292 Å². The van der Waals surface area contributed by atoms with Gasteiger partial charge in [0.2, 0.25) is 0 Å². The maximum atomic E-state index is 2.58. The molecule has 0 amide bonds. The van der Waals surface area contributed by atoms with E-state index < -0.39 is 0 Å². The van der Waals surface area contributed by atoms with Crippen molar-refractivity contribution >= 4 is 55.1 Å². The van der Waals surface area contributed by atoms with Gasteiger partial charge in [-0.15, -0.1) is 0 Å². The van der Waals surface area contributed by atoms with Crippen molar-refractivity contribution in [3.8, 4) is 11.1 Å². The largest absolute Gasteiger partial charge is 0.333 e. The molecule has 7 aromatic rings. The molecular formula is C48H34N2. The lowest BCUT2D eigenvalue weighted by molar-refractivity contribution is 0.739. The second-order valence-electron chi connectivity index (χ2n) is 14.0. The van der Waals surface area contributed by atoms with Gasteiger partial charge in [0, 0.05) is 34.6 Å². The summed E-state index contributed by atoms with van der Waals surface area (Å²) in [7, 11) is 0. The number of hydrogen-bond donors (Lipinski definition) is 0. The van der Waals surface area contributed by atoms with Crippen LogP contribution in [0.3, 0.4) is 0 Å². The van der Waals surface area contributed by atoms with Crippen LogP contribution in [0, 0.1) is 0 Å². The summed E-state index contributed by atoms with van der Waals surface area (Å²) in [5.41, 5.74) is 10.3. The lowest BCUT2D eigenvalue weighted by atomic mass is 9.91. The molecule has 0 bridgehead atoms. The Balaban J connectivity index is 1.17. The van der Waals surface area contributed by atoms with E-state index >= 15 is 0 Å². The third-order valence-electron chi connectivity index (χ3n) is 11.5. The van der Waals surface area contributed by atoms with Crippen molar-refractivity contribution in [3.63, 3.8) is 0 Å². The summed E-state index contributed by atoms with van der Waals surface area (Å²) in [5, 5.41) is 7.80. The van der Waals surface area contributed by atoms with E-state index in [0.29, 0.717) is 11.8 Å². The van der Waals surface area contributed by atoms with E-state index in [0.717, 1.165) is 0 Å². The highest BCUT2D eigenvalue weighted by Crippen LogP contribution is 2.52. The van der Waals surface area contributed by atoms with E-state index in [1.165, 1.54) is 77.3 Å². The zero-order chi connectivity index (χ0) is 32.8. The minimum Gasteiger partial charge on any atom is -0.333 e.